The number of methoxy groups -OCH3 is 1. The van der Waals surface area contributed by atoms with E-state index in [-0.39, 0.29) is 18.4 Å². The fourth-order valence-corrected chi connectivity index (χ4v) is 3.00. The lowest BCUT2D eigenvalue weighted by atomic mass is 10.1. The van der Waals surface area contributed by atoms with Gasteiger partial charge >= 0.3 is 0 Å². The number of fused-ring (bicyclic) bond motifs is 1. The molecule has 0 spiro atoms. The van der Waals surface area contributed by atoms with Crippen LogP contribution in [0.25, 0.3) is 10.9 Å². The average Bonchev–Trinajstić information content (AvgIpc) is 2.80. The largest absolute Gasteiger partial charge is 0.495 e. The smallest absolute Gasteiger partial charge is 0.135 e. The van der Waals surface area contributed by atoms with E-state index in [0.717, 1.165) is 34.1 Å². The van der Waals surface area contributed by atoms with Crippen LogP contribution < -0.4 is 10.1 Å². The van der Waals surface area contributed by atoms with Crippen LogP contribution in [0.3, 0.4) is 0 Å². The number of piperidine rings is 1. The first kappa shape index (κ1) is 15.5. The molecule has 1 fully saturated rings. The van der Waals surface area contributed by atoms with Crippen LogP contribution in [0.5, 0.6) is 5.75 Å². The maximum absolute atomic E-state index is 13.9. The van der Waals surface area contributed by atoms with E-state index in [4.69, 9.17) is 4.74 Å². The number of alkyl halides is 1. The maximum Gasteiger partial charge on any atom is 0.135 e. The summed E-state index contributed by atoms with van der Waals surface area (Å²) in [6, 6.07) is 3.63. The molecule has 20 heavy (non-hydrogen) atoms. The molecule has 1 N–H and O–H groups in total. The quantitative estimate of drug-likeness (QED) is 0.890. The minimum atomic E-state index is -0.895. The van der Waals surface area contributed by atoms with E-state index in [1.54, 1.807) is 11.8 Å². The molecule has 1 aliphatic rings. The van der Waals surface area contributed by atoms with Gasteiger partial charge in [-0.2, -0.15) is 5.10 Å². The second kappa shape index (κ2) is 6.28. The lowest BCUT2D eigenvalue weighted by Gasteiger charge is -2.26. The highest BCUT2D eigenvalue weighted by molar-refractivity contribution is 9.10. The highest BCUT2D eigenvalue weighted by Gasteiger charge is 2.27. The van der Waals surface area contributed by atoms with Gasteiger partial charge in [0, 0.05) is 24.2 Å². The SMILES string of the molecule is COc1cc2nn(C3CCNCC3F)cc2cc1Br.Cl. The molecule has 0 saturated carbocycles. The summed E-state index contributed by atoms with van der Waals surface area (Å²) in [5.41, 5.74) is 0.825. The Morgan fingerprint density at radius 2 is 2.30 bits per heavy atom. The van der Waals surface area contributed by atoms with Crippen LogP contribution in [0, 0.1) is 0 Å². The number of nitrogens with zero attached hydrogens (tertiary/aromatic N) is 2. The number of hydrogen-bond acceptors (Lipinski definition) is 3. The normalized spacial score (nSPS) is 22.6. The van der Waals surface area contributed by atoms with Crippen molar-refractivity contribution >= 4 is 39.2 Å². The number of rotatable bonds is 2. The summed E-state index contributed by atoms with van der Waals surface area (Å²) < 4.78 is 21.8. The number of hydrogen-bond donors (Lipinski definition) is 1. The third-order valence-electron chi connectivity index (χ3n) is 3.51. The highest BCUT2D eigenvalue weighted by Crippen LogP contribution is 2.31. The van der Waals surface area contributed by atoms with Gasteiger partial charge in [-0.1, -0.05) is 0 Å². The van der Waals surface area contributed by atoms with Crippen LogP contribution in [0.4, 0.5) is 4.39 Å². The predicted octanol–water partition coefficient (Wildman–Crippen LogP) is 3.10. The zero-order valence-electron chi connectivity index (χ0n) is 11.0. The van der Waals surface area contributed by atoms with Gasteiger partial charge in [0.1, 0.15) is 11.9 Å². The van der Waals surface area contributed by atoms with Gasteiger partial charge in [0.15, 0.2) is 0 Å². The molecule has 1 aliphatic heterocycles. The Labute approximate surface area is 131 Å². The zero-order chi connectivity index (χ0) is 13.4. The van der Waals surface area contributed by atoms with Crippen LogP contribution >= 0.6 is 28.3 Å². The molecular weight excluding hydrogens is 349 g/mol. The minimum absolute atomic E-state index is 0. The number of ether oxygens (including phenoxy) is 1. The molecular formula is C13H16BrClFN3O. The molecule has 0 amide bonds. The van der Waals surface area contributed by atoms with Crippen molar-refractivity contribution in [3.05, 3.63) is 22.8 Å². The maximum atomic E-state index is 13.9. The zero-order valence-corrected chi connectivity index (χ0v) is 13.4. The van der Waals surface area contributed by atoms with Gasteiger partial charge in [0.25, 0.3) is 0 Å². The number of nitrogens with one attached hydrogen (secondary N) is 1. The average molecular weight is 365 g/mol. The topological polar surface area (TPSA) is 39.1 Å². The van der Waals surface area contributed by atoms with Gasteiger partial charge in [-0.15, -0.1) is 12.4 Å². The standard InChI is InChI=1S/C13H15BrFN3O.ClH/c1-19-13-5-11-8(4-9(13)14)7-18(17-11)12-2-3-16-6-10(12)15;/h4-5,7,10,12,16H,2-3,6H2,1H3;1H. The van der Waals surface area contributed by atoms with Crippen molar-refractivity contribution < 1.29 is 9.13 Å². The van der Waals surface area contributed by atoms with Crippen molar-refractivity contribution in [2.75, 3.05) is 20.2 Å². The Balaban J connectivity index is 0.00000147. The summed E-state index contributed by atoms with van der Waals surface area (Å²) in [4.78, 5) is 0. The van der Waals surface area contributed by atoms with Crippen molar-refractivity contribution in [1.82, 2.24) is 15.1 Å². The first-order chi connectivity index (χ1) is 9.19. The van der Waals surface area contributed by atoms with E-state index in [9.17, 15) is 4.39 Å². The molecule has 2 aromatic rings. The van der Waals surface area contributed by atoms with Crippen LogP contribution in [-0.2, 0) is 0 Å². The van der Waals surface area contributed by atoms with Gasteiger partial charge in [0.2, 0.25) is 0 Å². The molecule has 1 aromatic heterocycles. The van der Waals surface area contributed by atoms with E-state index in [1.807, 2.05) is 18.3 Å². The monoisotopic (exact) mass is 363 g/mol. The molecule has 0 aliphatic carbocycles. The third-order valence-corrected chi connectivity index (χ3v) is 4.13. The molecule has 4 nitrogen and oxygen atoms in total. The summed E-state index contributed by atoms with van der Waals surface area (Å²) in [5, 5.41) is 8.52. The molecule has 2 unspecified atom stereocenters. The molecule has 110 valence electrons. The fraction of sp³-hybridized carbons (Fsp3) is 0.462. The molecule has 7 heteroatoms. The molecule has 2 heterocycles. The lowest BCUT2D eigenvalue weighted by Crippen LogP contribution is -2.39. The molecule has 3 rings (SSSR count). The summed E-state index contributed by atoms with van der Waals surface area (Å²) >= 11 is 3.45. The van der Waals surface area contributed by atoms with E-state index < -0.39 is 6.17 Å². The summed E-state index contributed by atoms with van der Waals surface area (Å²) in [6.07, 6.45) is 1.77. The van der Waals surface area contributed by atoms with Crippen molar-refractivity contribution in [2.24, 2.45) is 0 Å². The summed E-state index contributed by atoms with van der Waals surface area (Å²) in [6.45, 7) is 1.22. The van der Waals surface area contributed by atoms with Gasteiger partial charge in [-0.3, -0.25) is 4.68 Å². The van der Waals surface area contributed by atoms with Crippen LogP contribution in [0.2, 0.25) is 0 Å². The van der Waals surface area contributed by atoms with Crippen LogP contribution in [-0.4, -0.2) is 36.2 Å². The van der Waals surface area contributed by atoms with E-state index in [0.29, 0.717) is 6.54 Å². The van der Waals surface area contributed by atoms with Gasteiger partial charge in [-0.05, 0) is 35.0 Å². The Morgan fingerprint density at radius 3 is 3.00 bits per heavy atom. The summed E-state index contributed by atoms with van der Waals surface area (Å²) in [5.74, 6) is 0.736. The third kappa shape index (κ3) is 2.77. The van der Waals surface area contributed by atoms with Crippen LogP contribution in [0.15, 0.2) is 22.8 Å². The molecule has 0 bridgehead atoms. The fourth-order valence-electron chi connectivity index (χ4n) is 2.47. The Kier molecular flexibility index (Phi) is 4.88. The number of aromatic nitrogens is 2. The van der Waals surface area contributed by atoms with Gasteiger partial charge in [-0.25, -0.2) is 4.39 Å². The van der Waals surface area contributed by atoms with E-state index in [1.165, 1.54) is 0 Å². The second-order valence-corrected chi connectivity index (χ2v) is 5.59. The van der Waals surface area contributed by atoms with Gasteiger partial charge < -0.3 is 10.1 Å². The molecule has 0 radical (unpaired) electrons. The first-order valence-corrected chi connectivity index (χ1v) is 7.05. The lowest BCUT2D eigenvalue weighted by molar-refractivity contribution is 0.174. The minimum Gasteiger partial charge on any atom is -0.495 e. The first-order valence-electron chi connectivity index (χ1n) is 6.26. The van der Waals surface area contributed by atoms with E-state index >= 15 is 0 Å². The predicted molar refractivity (Wildman–Crippen MR) is 82.7 cm³/mol. The van der Waals surface area contributed by atoms with Crippen LogP contribution in [0.1, 0.15) is 12.5 Å². The van der Waals surface area contributed by atoms with Gasteiger partial charge in [0.05, 0.1) is 23.1 Å². The summed E-state index contributed by atoms with van der Waals surface area (Å²) in [7, 11) is 1.62. The van der Waals surface area contributed by atoms with Crippen molar-refractivity contribution in [2.45, 2.75) is 18.6 Å². The van der Waals surface area contributed by atoms with E-state index in [2.05, 4.69) is 26.3 Å². The van der Waals surface area contributed by atoms with Crippen molar-refractivity contribution in [3.8, 4) is 5.75 Å². The Morgan fingerprint density at radius 1 is 1.50 bits per heavy atom. The molecule has 1 saturated heterocycles. The Hall–Kier alpha value is -0.850. The van der Waals surface area contributed by atoms with Crippen molar-refractivity contribution in [1.29, 1.82) is 0 Å². The molecule has 1 aromatic carbocycles. The number of benzene rings is 1. The highest BCUT2D eigenvalue weighted by atomic mass is 79.9. The van der Waals surface area contributed by atoms with Crippen molar-refractivity contribution in [3.63, 3.8) is 0 Å². The molecule has 2 atom stereocenters. The Bertz CT molecular complexity index is 607. The second-order valence-electron chi connectivity index (χ2n) is 4.73. The number of halogens is 3.